The Morgan fingerprint density at radius 1 is 1.50 bits per heavy atom. The van der Waals surface area contributed by atoms with Gasteiger partial charge in [0.05, 0.1) is 13.1 Å². The van der Waals surface area contributed by atoms with Crippen molar-refractivity contribution in [1.82, 2.24) is 25.0 Å². The fourth-order valence-corrected chi connectivity index (χ4v) is 1.14. The molecule has 0 aliphatic rings. The average Bonchev–Trinajstić information content (AvgIpc) is 2.58. The Morgan fingerprint density at radius 3 is 2.93 bits per heavy atom. The first-order chi connectivity index (χ1) is 6.74. The molecular formula is C9H19N5. The molecule has 1 heterocycles. The molecule has 5 heteroatoms. The molecule has 0 saturated carbocycles. The van der Waals surface area contributed by atoms with Crippen LogP contribution in [0.1, 0.15) is 12.7 Å². The molecule has 0 radical (unpaired) electrons. The van der Waals surface area contributed by atoms with E-state index in [1.807, 2.05) is 4.68 Å². The van der Waals surface area contributed by atoms with E-state index in [0.29, 0.717) is 0 Å². The molecule has 0 amide bonds. The van der Waals surface area contributed by atoms with Gasteiger partial charge in [0, 0.05) is 6.54 Å². The SMILES string of the molecule is CCNCc1ncnn1CCN(C)C. The molecule has 0 saturated heterocycles. The van der Waals surface area contributed by atoms with Crippen molar-refractivity contribution >= 4 is 0 Å². The lowest BCUT2D eigenvalue weighted by atomic mass is 10.5. The third kappa shape index (κ3) is 3.43. The fourth-order valence-electron chi connectivity index (χ4n) is 1.14. The van der Waals surface area contributed by atoms with Crippen LogP contribution in [0.4, 0.5) is 0 Å². The summed E-state index contributed by atoms with van der Waals surface area (Å²) in [6.45, 7) is 5.72. The highest BCUT2D eigenvalue weighted by Crippen LogP contribution is 1.93. The summed E-state index contributed by atoms with van der Waals surface area (Å²) in [5.41, 5.74) is 0. The Bertz CT molecular complexity index is 255. The van der Waals surface area contributed by atoms with E-state index in [-0.39, 0.29) is 0 Å². The minimum absolute atomic E-state index is 0.796. The Morgan fingerprint density at radius 2 is 2.29 bits per heavy atom. The summed E-state index contributed by atoms with van der Waals surface area (Å²) in [6.07, 6.45) is 1.61. The summed E-state index contributed by atoms with van der Waals surface area (Å²) in [5, 5.41) is 7.42. The van der Waals surface area contributed by atoms with Crippen LogP contribution in [0.2, 0.25) is 0 Å². The summed E-state index contributed by atoms with van der Waals surface area (Å²) >= 11 is 0. The lowest BCUT2D eigenvalue weighted by Crippen LogP contribution is -2.22. The van der Waals surface area contributed by atoms with E-state index in [9.17, 15) is 0 Å². The van der Waals surface area contributed by atoms with Crippen LogP contribution in [0.3, 0.4) is 0 Å². The van der Waals surface area contributed by atoms with E-state index in [1.54, 1.807) is 6.33 Å². The molecule has 0 spiro atoms. The maximum atomic E-state index is 4.20. The monoisotopic (exact) mass is 197 g/mol. The molecule has 0 bridgehead atoms. The van der Waals surface area contributed by atoms with Gasteiger partial charge in [-0.3, -0.25) is 0 Å². The molecule has 0 aromatic carbocycles. The number of nitrogens with zero attached hydrogens (tertiary/aromatic N) is 4. The first-order valence-electron chi connectivity index (χ1n) is 4.96. The van der Waals surface area contributed by atoms with Gasteiger partial charge in [-0.1, -0.05) is 6.92 Å². The number of rotatable bonds is 6. The number of aromatic nitrogens is 3. The molecule has 80 valence electrons. The van der Waals surface area contributed by atoms with Crippen LogP contribution >= 0.6 is 0 Å². The molecular weight excluding hydrogens is 178 g/mol. The molecule has 5 nitrogen and oxygen atoms in total. The number of likely N-dealkylation sites (N-methyl/N-ethyl adjacent to an activating group) is 1. The largest absolute Gasteiger partial charge is 0.310 e. The van der Waals surface area contributed by atoms with Crippen molar-refractivity contribution in [2.45, 2.75) is 20.0 Å². The molecule has 14 heavy (non-hydrogen) atoms. The Hall–Kier alpha value is -0.940. The van der Waals surface area contributed by atoms with Crippen molar-refractivity contribution in [3.63, 3.8) is 0 Å². The van der Waals surface area contributed by atoms with E-state index < -0.39 is 0 Å². The molecule has 0 aliphatic heterocycles. The molecule has 1 rings (SSSR count). The zero-order chi connectivity index (χ0) is 10.4. The summed E-state index contributed by atoms with van der Waals surface area (Å²) < 4.78 is 1.95. The van der Waals surface area contributed by atoms with Crippen molar-refractivity contribution in [1.29, 1.82) is 0 Å². The van der Waals surface area contributed by atoms with Crippen LogP contribution in [0.15, 0.2) is 6.33 Å². The van der Waals surface area contributed by atoms with Crippen molar-refractivity contribution in [2.24, 2.45) is 0 Å². The lowest BCUT2D eigenvalue weighted by molar-refractivity contribution is 0.367. The van der Waals surface area contributed by atoms with Gasteiger partial charge in [-0.05, 0) is 20.6 Å². The summed E-state index contributed by atoms with van der Waals surface area (Å²) in [4.78, 5) is 6.34. The van der Waals surface area contributed by atoms with Crippen LogP contribution < -0.4 is 5.32 Å². The van der Waals surface area contributed by atoms with Crippen LogP contribution in [0.5, 0.6) is 0 Å². The third-order valence-corrected chi connectivity index (χ3v) is 1.99. The fraction of sp³-hybridized carbons (Fsp3) is 0.778. The molecule has 1 aromatic rings. The van der Waals surface area contributed by atoms with Crippen molar-refractivity contribution in [2.75, 3.05) is 27.2 Å². The van der Waals surface area contributed by atoms with E-state index in [0.717, 1.165) is 32.0 Å². The molecule has 1 aromatic heterocycles. The summed E-state index contributed by atoms with van der Waals surface area (Å²) in [7, 11) is 4.11. The number of nitrogens with one attached hydrogen (secondary N) is 1. The van der Waals surface area contributed by atoms with Crippen molar-refractivity contribution < 1.29 is 0 Å². The van der Waals surface area contributed by atoms with Crippen LogP contribution in [0, 0.1) is 0 Å². The second-order valence-corrected chi connectivity index (χ2v) is 3.48. The Labute approximate surface area is 85.1 Å². The molecule has 0 atom stereocenters. The van der Waals surface area contributed by atoms with Gasteiger partial charge in [0.1, 0.15) is 12.2 Å². The van der Waals surface area contributed by atoms with E-state index in [2.05, 4.69) is 41.3 Å². The van der Waals surface area contributed by atoms with Crippen molar-refractivity contribution in [3.05, 3.63) is 12.2 Å². The molecule has 0 fully saturated rings. The first-order valence-corrected chi connectivity index (χ1v) is 4.96. The molecule has 0 unspecified atom stereocenters. The minimum Gasteiger partial charge on any atom is -0.310 e. The Balaban J connectivity index is 2.45. The van der Waals surface area contributed by atoms with Crippen LogP contribution in [-0.2, 0) is 13.1 Å². The number of hydrogen-bond donors (Lipinski definition) is 1. The van der Waals surface area contributed by atoms with Gasteiger partial charge in [0.2, 0.25) is 0 Å². The quantitative estimate of drug-likeness (QED) is 0.694. The van der Waals surface area contributed by atoms with Gasteiger partial charge >= 0.3 is 0 Å². The maximum absolute atomic E-state index is 4.20. The van der Waals surface area contributed by atoms with Gasteiger partial charge in [-0.2, -0.15) is 5.10 Å². The zero-order valence-corrected chi connectivity index (χ0v) is 9.19. The van der Waals surface area contributed by atoms with Crippen molar-refractivity contribution in [3.8, 4) is 0 Å². The lowest BCUT2D eigenvalue weighted by Gasteiger charge is -2.10. The molecule has 0 aliphatic carbocycles. The predicted molar refractivity (Wildman–Crippen MR) is 56.0 cm³/mol. The highest BCUT2D eigenvalue weighted by atomic mass is 15.3. The second kappa shape index (κ2) is 5.72. The second-order valence-electron chi connectivity index (χ2n) is 3.48. The first kappa shape index (κ1) is 11.1. The van der Waals surface area contributed by atoms with Gasteiger partial charge in [-0.15, -0.1) is 0 Å². The van der Waals surface area contributed by atoms with Gasteiger partial charge < -0.3 is 10.2 Å². The van der Waals surface area contributed by atoms with E-state index >= 15 is 0 Å². The van der Waals surface area contributed by atoms with Crippen LogP contribution in [-0.4, -0.2) is 46.8 Å². The normalized spacial score (nSPS) is 11.1. The topological polar surface area (TPSA) is 46.0 Å². The van der Waals surface area contributed by atoms with Gasteiger partial charge in [0.15, 0.2) is 0 Å². The van der Waals surface area contributed by atoms with Gasteiger partial charge in [0.25, 0.3) is 0 Å². The zero-order valence-electron chi connectivity index (χ0n) is 9.19. The minimum atomic E-state index is 0.796. The van der Waals surface area contributed by atoms with Crippen LogP contribution in [0.25, 0.3) is 0 Å². The summed E-state index contributed by atoms with van der Waals surface area (Å²) in [6, 6.07) is 0. The number of hydrogen-bond acceptors (Lipinski definition) is 4. The maximum Gasteiger partial charge on any atom is 0.140 e. The third-order valence-electron chi connectivity index (χ3n) is 1.99. The smallest absolute Gasteiger partial charge is 0.140 e. The van der Waals surface area contributed by atoms with E-state index in [1.165, 1.54) is 0 Å². The molecule has 1 N–H and O–H groups in total. The van der Waals surface area contributed by atoms with E-state index in [4.69, 9.17) is 0 Å². The summed E-state index contributed by atoms with van der Waals surface area (Å²) in [5.74, 6) is 1.01. The highest BCUT2D eigenvalue weighted by molar-refractivity contribution is 4.83. The van der Waals surface area contributed by atoms with Gasteiger partial charge in [-0.25, -0.2) is 9.67 Å². The highest BCUT2D eigenvalue weighted by Gasteiger charge is 2.02. The Kier molecular flexibility index (Phi) is 4.55. The predicted octanol–water partition coefficient (Wildman–Crippen LogP) is -0.0508. The average molecular weight is 197 g/mol. The standard InChI is InChI=1S/C9H19N5/c1-4-10-7-9-11-8-12-14(9)6-5-13(2)3/h8,10H,4-7H2,1-3H3.